The zero-order chi connectivity index (χ0) is 16.8. The average molecular weight is 315 g/mol. The Morgan fingerprint density at radius 3 is 2.65 bits per heavy atom. The summed E-state index contributed by atoms with van der Waals surface area (Å²) in [6, 6.07) is 8.68. The van der Waals surface area contributed by atoms with E-state index in [2.05, 4.69) is 10.3 Å². The predicted molar refractivity (Wildman–Crippen MR) is 89.0 cm³/mol. The molecule has 1 aromatic heterocycles. The van der Waals surface area contributed by atoms with Crippen LogP contribution in [0.5, 0.6) is 11.5 Å². The third kappa shape index (κ3) is 3.91. The monoisotopic (exact) mass is 315 g/mol. The molecule has 1 aromatic carbocycles. The maximum atomic E-state index is 12.5. The third-order valence-electron chi connectivity index (χ3n) is 3.72. The molecule has 122 valence electrons. The van der Waals surface area contributed by atoms with Gasteiger partial charge < -0.3 is 19.7 Å². The minimum absolute atomic E-state index is 0.111. The number of pyridine rings is 1. The van der Waals surface area contributed by atoms with Gasteiger partial charge in [-0.25, -0.2) is 4.79 Å². The first-order valence-corrected chi connectivity index (χ1v) is 7.22. The zero-order valence-corrected chi connectivity index (χ0v) is 13.7. The molecule has 23 heavy (non-hydrogen) atoms. The second-order valence-electron chi connectivity index (χ2n) is 5.07. The van der Waals surface area contributed by atoms with Crippen molar-refractivity contribution in [3.63, 3.8) is 0 Å². The van der Waals surface area contributed by atoms with Crippen molar-refractivity contribution in [3.05, 3.63) is 48.3 Å². The minimum atomic E-state index is -0.243. The van der Waals surface area contributed by atoms with Crippen molar-refractivity contribution in [3.8, 4) is 11.5 Å². The van der Waals surface area contributed by atoms with Crippen LogP contribution >= 0.6 is 0 Å². The first-order valence-electron chi connectivity index (χ1n) is 7.22. The number of hydrogen-bond donors (Lipinski definition) is 1. The van der Waals surface area contributed by atoms with E-state index in [0.29, 0.717) is 17.2 Å². The van der Waals surface area contributed by atoms with Gasteiger partial charge in [-0.15, -0.1) is 0 Å². The van der Waals surface area contributed by atoms with Crippen LogP contribution in [0.15, 0.2) is 42.7 Å². The molecule has 0 saturated heterocycles. The summed E-state index contributed by atoms with van der Waals surface area (Å²) in [5, 5.41) is 2.85. The summed E-state index contributed by atoms with van der Waals surface area (Å²) < 4.78 is 10.5. The molecule has 1 N–H and O–H groups in total. The van der Waals surface area contributed by atoms with Crippen molar-refractivity contribution >= 4 is 11.7 Å². The van der Waals surface area contributed by atoms with Crippen LogP contribution < -0.4 is 14.8 Å². The van der Waals surface area contributed by atoms with Crippen molar-refractivity contribution in [1.82, 2.24) is 9.88 Å². The number of carbonyl (C=O) groups excluding carboxylic acids is 1. The second-order valence-corrected chi connectivity index (χ2v) is 5.07. The standard InChI is InChI=1S/C17H21N3O3/c1-12(13-6-5-9-18-11-13)20(2)17(21)19-15-10-14(22-3)7-8-16(15)23-4/h5-12H,1-4H3,(H,19,21)/t12-/m0/s1. The van der Waals surface area contributed by atoms with E-state index in [-0.39, 0.29) is 12.1 Å². The van der Waals surface area contributed by atoms with E-state index in [9.17, 15) is 4.79 Å². The third-order valence-corrected chi connectivity index (χ3v) is 3.72. The Balaban J connectivity index is 2.15. The quantitative estimate of drug-likeness (QED) is 0.919. The zero-order valence-electron chi connectivity index (χ0n) is 13.7. The van der Waals surface area contributed by atoms with E-state index < -0.39 is 0 Å². The Morgan fingerprint density at radius 2 is 2.04 bits per heavy atom. The minimum Gasteiger partial charge on any atom is -0.497 e. The fourth-order valence-electron chi connectivity index (χ4n) is 2.14. The van der Waals surface area contributed by atoms with Crippen LogP contribution in [0.3, 0.4) is 0 Å². The highest BCUT2D eigenvalue weighted by Crippen LogP contribution is 2.29. The molecule has 0 saturated carbocycles. The summed E-state index contributed by atoms with van der Waals surface area (Å²) in [6.07, 6.45) is 3.46. The molecular weight excluding hydrogens is 294 g/mol. The Bertz CT molecular complexity index is 661. The lowest BCUT2D eigenvalue weighted by Gasteiger charge is -2.25. The number of anilines is 1. The predicted octanol–water partition coefficient (Wildman–Crippen LogP) is 3.32. The molecule has 0 fully saturated rings. The van der Waals surface area contributed by atoms with Crippen LogP contribution in [0, 0.1) is 0 Å². The lowest BCUT2D eigenvalue weighted by atomic mass is 10.1. The van der Waals surface area contributed by atoms with Gasteiger partial charge in [0, 0.05) is 25.5 Å². The highest BCUT2D eigenvalue weighted by molar-refractivity contribution is 5.91. The van der Waals surface area contributed by atoms with Crippen LogP contribution in [0.1, 0.15) is 18.5 Å². The molecule has 1 heterocycles. The highest BCUT2D eigenvalue weighted by Gasteiger charge is 2.19. The number of urea groups is 1. The van der Waals surface area contributed by atoms with Gasteiger partial charge in [0.2, 0.25) is 0 Å². The largest absolute Gasteiger partial charge is 0.497 e. The Labute approximate surface area is 136 Å². The van der Waals surface area contributed by atoms with Gasteiger partial charge in [0.15, 0.2) is 0 Å². The topological polar surface area (TPSA) is 63.7 Å². The van der Waals surface area contributed by atoms with Crippen LogP contribution in [-0.2, 0) is 0 Å². The molecule has 2 aromatic rings. The molecular formula is C17H21N3O3. The van der Waals surface area contributed by atoms with Gasteiger partial charge >= 0.3 is 6.03 Å². The maximum absolute atomic E-state index is 12.5. The number of nitrogens with zero attached hydrogens (tertiary/aromatic N) is 2. The van der Waals surface area contributed by atoms with Gasteiger partial charge in [-0.3, -0.25) is 4.98 Å². The summed E-state index contributed by atoms with van der Waals surface area (Å²) in [6.45, 7) is 1.94. The van der Waals surface area contributed by atoms with Gasteiger partial charge in [-0.2, -0.15) is 0 Å². The number of nitrogens with one attached hydrogen (secondary N) is 1. The summed E-state index contributed by atoms with van der Waals surface area (Å²) >= 11 is 0. The molecule has 0 aliphatic heterocycles. The van der Waals surface area contributed by atoms with Crippen molar-refractivity contribution in [2.24, 2.45) is 0 Å². The van der Waals surface area contributed by atoms with Gasteiger partial charge in [0.25, 0.3) is 0 Å². The fourth-order valence-corrected chi connectivity index (χ4v) is 2.14. The fraction of sp³-hybridized carbons (Fsp3) is 0.294. The van der Waals surface area contributed by atoms with Crippen molar-refractivity contribution in [2.45, 2.75) is 13.0 Å². The molecule has 2 rings (SSSR count). The average Bonchev–Trinajstić information content (AvgIpc) is 2.61. The van der Waals surface area contributed by atoms with E-state index in [0.717, 1.165) is 5.56 Å². The summed E-state index contributed by atoms with van der Waals surface area (Å²) in [7, 11) is 4.86. The normalized spacial score (nSPS) is 11.5. The smallest absolute Gasteiger partial charge is 0.322 e. The lowest BCUT2D eigenvalue weighted by Crippen LogP contribution is -2.33. The van der Waals surface area contributed by atoms with Crippen LogP contribution in [0.4, 0.5) is 10.5 Å². The molecule has 1 atom stereocenters. The highest BCUT2D eigenvalue weighted by atomic mass is 16.5. The van der Waals surface area contributed by atoms with Crippen LogP contribution in [-0.4, -0.2) is 37.2 Å². The SMILES string of the molecule is COc1ccc(OC)c(NC(=O)N(C)[C@@H](C)c2cccnc2)c1. The number of methoxy groups -OCH3 is 2. The van der Waals surface area contributed by atoms with Gasteiger partial charge in [-0.1, -0.05) is 6.07 Å². The summed E-state index contributed by atoms with van der Waals surface area (Å²) in [4.78, 5) is 18.2. The van der Waals surface area contributed by atoms with E-state index in [1.165, 1.54) is 0 Å². The van der Waals surface area contributed by atoms with Crippen LogP contribution in [0.25, 0.3) is 0 Å². The van der Waals surface area contributed by atoms with Crippen LogP contribution in [0.2, 0.25) is 0 Å². The molecule has 0 bridgehead atoms. The van der Waals surface area contributed by atoms with E-state index in [4.69, 9.17) is 9.47 Å². The second kappa shape index (κ2) is 7.49. The molecule has 2 amide bonds. The summed E-state index contributed by atoms with van der Waals surface area (Å²) in [5.74, 6) is 1.21. The van der Waals surface area contributed by atoms with Gasteiger partial charge in [-0.05, 0) is 30.7 Å². The van der Waals surface area contributed by atoms with Crippen molar-refractivity contribution in [2.75, 3.05) is 26.6 Å². The molecule has 6 heteroatoms. The Hall–Kier alpha value is -2.76. The number of ether oxygens (including phenoxy) is 2. The Morgan fingerprint density at radius 1 is 1.26 bits per heavy atom. The first-order chi connectivity index (χ1) is 11.1. The van der Waals surface area contributed by atoms with Gasteiger partial charge in [0.1, 0.15) is 11.5 Å². The number of rotatable bonds is 5. The van der Waals surface area contributed by atoms with Crippen molar-refractivity contribution < 1.29 is 14.3 Å². The molecule has 0 aliphatic carbocycles. The van der Waals surface area contributed by atoms with E-state index in [1.807, 2.05) is 19.1 Å². The number of carbonyl (C=O) groups is 1. The molecule has 6 nitrogen and oxygen atoms in total. The Kier molecular flexibility index (Phi) is 5.41. The number of benzene rings is 1. The van der Waals surface area contributed by atoms with E-state index >= 15 is 0 Å². The first kappa shape index (κ1) is 16.6. The number of amides is 2. The number of hydrogen-bond acceptors (Lipinski definition) is 4. The lowest BCUT2D eigenvalue weighted by molar-refractivity contribution is 0.208. The molecule has 0 radical (unpaired) electrons. The molecule has 0 unspecified atom stereocenters. The molecule has 0 aliphatic rings. The summed E-state index contributed by atoms with van der Waals surface area (Å²) in [5.41, 5.74) is 1.52. The van der Waals surface area contributed by atoms with Gasteiger partial charge in [0.05, 0.1) is 25.9 Å². The van der Waals surface area contributed by atoms with Crippen molar-refractivity contribution in [1.29, 1.82) is 0 Å². The molecule has 0 spiro atoms. The maximum Gasteiger partial charge on any atom is 0.322 e. The number of aromatic nitrogens is 1. The van der Waals surface area contributed by atoms with E-state index in [1.54, 1.807) is 56.8 Å².